The summed E-state index contributed by atoms with van der Waals surface area (Å²) < 4.78 is 0. The van der Waals surface area contributed by atoms with Crippen molar-refractivity contribution < 1.29 is 9.63 Å². The van der Waals surface area contributed by atoms with E-state index >= 15 is 0 Å². The standard InChI is InChI=1S/C20H14ClN3O2S/c21-14-11-9-13(10-12-14)19(22)23-26-20(25)24-15-5-1-3-7-17(15)27-18-8-4-2-6-16(18)24/h1-12H,(H2,22,23). The van der Waals surface area contributed by atoms with E-state index < -0.39 is 6.09 Å². The normalized spacial score (nSPS) is 12.9. The summed E-state index contributed by atoms with van der Waals surface area (Å²) >= 11 is 7.47. The first-order valence-electron chi connectivity index (χ1n) is 8.10. The molecule has 0 fully saturated rings. The highest BCUT2D eigenvalue weighted by atomic mass is 35.5. The number of halogens is 1. The summed E-state index contributed by atoms with van der Waals surface area (Å²) in [6.07, 6.45) is -0.632. The molecule has 5 nitrogen and oxygen atoms in total. The minimum Gasteiger partial charge on any atom is -0.380 e. The van der Waals surface area contributed by atoms with Gasteiger partial charge in [0.25, 0.3) is 0 Å². The molecule has 0 aliphatic carbocycles. The molecule has 7 heteroatoms. The Bertz CT molecular complexity index is 992. The first-order valence-corrected chi connectivity index (χ1v) is 9.29. The van der Waals surface area contributed by atoms with Crippen molar-refractivity contribution in [2.45, 2.75) is 9.79 Å². The maximum atomic E-state index is 12.8. The van der Waals surface area contributed by atoms with E-state index in [1.807, 2.05) is 48.5 Å². The number of carbonyl (C=O) groups excluding carboxylic acids is 1. The highest BCUT2D eigenvalue weighted by Gasteiger charge is 2.29. The van der Waals surface area contributed by atoms with Crippen LogP contribution in [0, 0.1) is 0 Å². The fourth-order valence-corrected chi connectivity index (χ4v) is 3.89. The van der Waals surface area contributed by atoms with E-state index in [1.54, 1.807) is 36.0 Å². The Morgan fingerprint density at radius 3 is 2.07 bits per heavy atom. The monoisotopic (exact) mass is 395 g/mol. The number of carbonyl (C=O) groups is 1. The average Bonchev–Trinajstić information content (AvgIpc) is 2.70. The van der Waals surface area contributed by atoms with Gasteiger partial charge in [0.15, 0.2) is 5.84 Å². The third-order valence-corrected chi connectivity index (χ3v) is 5.36. The van der Waals surface area contributed by atoms with Crippen molar-refractivity contribution in [1.29, 1.82) is 0 Å². The number of amidine groups is 1. The molecule has 1 amide bonds. The van der Waals surface area contributed by atoms with Gasteiger partial charge in [0.2, 0.25) is 0 Å². The molecule has 3 aromatic carbocycles. The van der Waals surface area contributed by atoms with Gasteiger partial charge in [0, 0.05) is 20.4 Å². The van der Waals surface area contributed by atoms with Crippen LogP contribution >= 0.6 is 23.4 Å². The Balaban J connectivity index is 1.64. The van der Waals surface area contributed by atoms with Gasteiger partial charge in [-0.3, -0.25) is 4.84 Å². The molecule has 0 saturated heterocycles. The zero-order valence-electron chi connectivity index (χ0n) is 14.0. The second-order valence-electron chi connectivity index (χ2n) is 5.71. The van der Waals surface area contributed by atoms with E-state index in [2.05, 4.69) is 5.16 Å². The second-order valence-corrected chi connectivity index (χ2v) is 7.23. The van der Waals surface area contributed by atoms with Gasteiger partial charge >= 0.3 is 6.09 Å². The Morgan fingerprint density at radius 2 is 1.48 bits per heavy atom. The minimum absolute atomic E-state index is 0.0907. The zero-order valence-corrected chi connectivity index (χ0v) is 15.6. The summed E-state index contributed by atoms with van der Waals surface area (Å²) in [5.74, 6) is 0.0907. The van der Waals surface area contributed by atoms with E-state index in [0.717, 1.165) is 21.2 Å². The summed E-state index contributed by atoms with van der Waals surface area (Å²) in [6, 6.07) is 22.1. The molecule has 0 bridgehead atoms. The molecule has 1 aliphatic heterocycles. The lowest BCUT2D eigenvalue weighted by atomic mass is 10.2. The number of amides is 1. The van der Waals surface area contributed by atoms with Crippen molar-refractivity contribution in [3.05, 3.63) is 83.4 Å². The third-order valence-electron chi connectivity index (χ3n) is 3.98. The van der Waals surface area contributed by atoms with Gasteiger partial charge in [-0.05, 0) is 48.5 Å². The number of hydrogen-bond acceptors (Lipinski definition) is 4. The zero-order chi connectivity index (χ0) is 18.8. The number of benzene rings is 3. The largest absolute Gasteiger partial charge is 0.445 e. The van der Waals surface area contributed by atoms with Gasteiger partial charge in [-0.2, -0.15) is 0 Å². The summed E-state index contributed by atoms with van der Waals surface area (Å²) in [6.45, 7) is 0. The molecule has 0 spiro atoms. The van der Waals surface area contributed by atoms with Crippen LogP contribution in [-0.2, 0) is 4.84 Å². The maximum Gasteiger partial charge on any atom is 0.445 e. The average molecular weight is 396 g/mol. The minimum atomic E-state index is -0.632. The molecule has 2 N–H and O–H groups in total. The summed E-state index contributed by atoms with van der Waals surface area (Å²) in [5, 5.41) is 4.38. The van der Waals surface area contributed by atoms with E-state index in [-0.39, 0.29) is 5.84 Å². The lowest BCUT2D eigenvalue weighted by Crippen LogP contribution is -2.28. The van der Waals surface area contributed by atoms with Crippen molar-refractivity contribution in [3.8, 4) is 0 Å². The highest BCUT2D eigenvalue weighted by molar-refractivity contribution is 7.99. The molecule has 1 heterocycles. The van der Waals surface area contributed by atoms with Crippen LogP contribution in [0.4, 0.5) is 16.2 Å². The molecule has 0 saturated carbocycles. The van der Waals surface area contributed by atoms with Gasteiger partial charge in [0.1, 0.15) is 0 Å². The molecule has 0 aromatic heterocycles. The topological polar surface area (TPSA) is 67.9 Å². The van der Waals surface area contributed by atoms with Crippen LogP contribution in [0.5, 0.6) is 0 Å². The number of anilines is 2. The van der Waals surface area contributed by atoms with Crippen LogP contribution < -0.4 is 10.6 Å². The quantitative estimate of drug-likeness (QED) is 0.273. The number of nitrogens with zero attached hydrogens (tertiary/aromatic N) is 2. The molecule has 0 atom stereocenters. The van der Waals surface area contributed by atoms with Crippen molar-refractivity contribution in [2.75, 3.05) is 4.90 Å². The fourth-order valence-electron chi connectivity index (χ4n) is 2.70. The third kappa shape index (κ3) is 3.49. The first-order chi connectivity index (χ1) is 13.1. The van der Waals surface area contributed by atoms with E-state index in [4.69, 9.17) is 22.2 Å². The molecular weight excluding hydrogens is 382 g/mol. The summed E-state index contributed by atoms with van der Waals surface area (Å²) in [4.78, 5) is 21.4. The molecule has 0 radical (unpaired) electrons. The smallest absolute Gasteiger partial charge is 0.380 e. The predicted octanol–water partition coefficient (Wildman–Crippen LogP) is 5.40. The van der Waals surface area contributed by atoms with Gasteiger partial charge in [-0.15, -0.1) is 0 Å². The lowest BCUT2D eigenvalue weighted by molar-refractivity contribution is 0.161. The molecule has 27 heavy (non-hydrogen) atoms. The van der Waals surface area contributed by atoms with Crippen LogP contribution in [0.2, 0.25) is 5.02 Å². The van der Waals surface area contributed by atoms with Crippen LogP contribution in [0.15, 0.2) is 87.7 Å². The number of hydrogen-bond donors (Lipinski definition) is 1. The lowest BCUT2D eigenvalue weighted by Gasteiger charge is -2.29. The van der Waals surface area contributed by atoms with Crippen LogP contribution in [0.3, 0.4) is 0 Å². The number of nitrogens with two attached hydrogens (primary N) is 1. The van der Waals surface area contributed by atoms with Gasteiger partial charge in [0.05, 0.1) is 11.4 Å². The summed E-state index contributed by atoms with van der Waals surface area (Å²) in [5.41, 5.74) is 8.02. The van der Waals surface area contributed by atoms with Crippen LogP contribution in [0.25, 0.3) is 0 Å². The van der Waals surface area contributed by atoms with E-state index in [9.17, 15) is 4.79 Å². The Morgan fingerprint density at radius 1 is 0.926 bits per heavy atom. The Kier molecular flexibility index (Phi) is 4.75. The van der Waals surface area contributed by atoms with E-state index in [1.165, 1.54) is 4.90 Å². The predicted molar refractivity (Wildman–Crippen MR) is 108 cm³/mol. The molecule has 134 valence electrons. The molecule has 0 unspecified atom stereocenters. The highest BCUT2D eigenvalue weighted by Crippen LogP contribution is 2.48. The number of fused-ring (bicyclic) bond motifs is 2. The van der Waals surface area contributed by atoms with Gasteiger partial charge in [-0.25, -0.2) is 9.69 Å². The van der Waals surface area contributed by atoms with Crippen LogP contribution in [0.1, 0.15) is 5.56 Å². The first kappa shape index (κ1) is 17.5. The second kappa shape index (κ2) is 7.34. The maximum absolute atomic E-state index is 12.8. The molecular formula is C20H14ClN3O2S. The van der Waals surface area contributed by atoms with Crippen molar-refractivity contribution in [2.24, 2.45) is 10.9 Å². The number of oxime groups is 1. The molecule has 1 aliphatic rings. The Hall–Kier alpha value is -2.96. The van der Waals surface area contributed by atoms with E-state index in [0.29, 0.717) is 10.6 Å². The number of para-hydroxylation sites is 2. The molecule has 3 aromatic rings. The summed E-state index contributed by atoms with van der Waals surface area (Å²) in [7, 11) is 0. The number of rotatable bonds is 2. The van der Waals surface area contributed by atoms with Gasteiger partial charge < -0.3 is 5.73 Å². The SMILES string of the molecule is N/C(=N/OC(=O)N1c2ccccc2Sc2ccccc21)c1ccc(Cl)cc1. The molecule has 4 rings (SSSR count). The van der Waals surface area contributed by atoms with Crippen molar-refractivity contribution in [1.82, 2.24) is 0 Å². The fraction of sp³-hybridized carbons (Fsp3) is 0. The Labute approximate surface area is 165 Å². The van der Waals surface area contributed by atoms with Crippen LogP contribution in [-0.4, -0.2) is 11.9 Å². The van der Waals surface area contributed by atoms with Crippen molar-refractivity contribution >= 4 is 46.7 Å². The van der Waals surface area contributed by atoms with Crippen molar-refractivity contribution in [3.63, 3.8) is 0 Å². The van der Waals surface area contributed by atoms with Gasteiger partial charge in [-0.1, -0.05) is 52.8 Å².